The van der Waals surface area contributed by atoms with E-state index in [-0.39, 0.29) is 22.4 Å². The summed E-state index contributed by atoms with van der Waals surface area (Å²) in [6.45, 7) is 0.651. The van der Waals surface area contributed by atoms with Crippen LogP contribution >= 0.6 is 11.8 Å². The van der Waals surface area contributed by atoms with Crippen LogP contribution in [0.1, 0.15) is 19.3 Å². The average molecular weight is 315 g/mol. The molecule has 0 amide bonds. The summed E-state index contributed by atoms with van der Waals surface area (Å²) in [7, 11) is -1.19. The summed E-state index contributed by atoms with van der Waals surface area (Å²) in [6, 6.07) is 4.12. The van der Waals surface area contributed by atoms with Crippen LogP contribution in [-0.2, 0) is 15.5 Å². The van der Waals surface area contributed by atoms with Crippen molar-refractivity contribution in [3.63, 3.8) is 0 Å². The van der Waals surface area contributed by atoms with Crippen LogP contribution in [0.5, 0.6) is 0 Å². The Kier molecular flexibility index (Phi) is 4.06. The Morgan fingerprint density at radius 3 is 3.05 bits per heavy atom. The Morgan fingerprint density at radius 1 is 1.50 bits per heavy atom. The SMILES string of the molecule is Nc1cc(F)ccc1S(=O)C1CCOC2(CCSC2)C1. The molecule has 2 N–H and O–H groups in total. The fourth-order valence-corrected chi connectivity index (χ4v) is 5.91. The maximum absolute atomic E-state index is 13.1. The summed E-state index contributed by atoms with van der Waals surface area (Å²) in [4.78, 5) is 0.555. The van der Waals surface area contributed by atoms with E-state index in [9.17, 15) is 8.60 Å². The van der Waals surface area contributed by atoms with Crippen molar-refractivity contribution >= 4 is 28.2 Å². The van der Waals surface area contributed by atoms with Crippen LogP contribution in [-0.4, -0.2) is 33.2 Å². The normalized spacial score (nSPS) is 31.6. The van der Waals surface area contributed by atoms with Gasteiger partial charge in [-0.1, -0.05) is 0 Å². The molecule has 110 valence electrons. The van der Waals surface area contributed by atoms with Gasteiger partial charge >= 0.3 is 0 Å². The van der Waals surface area contributed by atoms with Crippen LogP contribution in [0.15, 0.2) is 23.1 Å². The molecule has 20 heavy (non-hydrogen) atoms. The fraction of sp³-hybridized carbons (Fsp3) is 0.571. The number of benzene rings is 1. The number of halogens is 1. The van der Waals surface area contributed by atoms with Crippen LogP contribution in [0.4, 0.5) is 10.1 Å². The molecule has 0 bridgehead atoms. The third-order valence-corrected chi connectivity index (χ3v) is 7.04. The van der Waals surface area contributed by atoms with E-state index in [0.29, 0.717) is 11.5 Å². The minimum absolute atomic E-state index is 0.0511. The molecule has 1 aromatic carbocycles. The molecule has 3 atom stereocenters. The third-order valence-electron chi connectivity index (χ3n) is 4.01. The number of nitrogen functional groups attached to an aromatic ring is 1. The molecule has 0 radical (unpaired) electrons. The van der Waals surface area contributed by atoms with Gasteiger partial charge in [0, 0.05) is 17.6 Å². The zero-order valence-electron chi connectivity index (χ0n) is 11.1. The largest absolute Gasteiger partial charge is 0.398 e. The third kappa shape index (κ3) is 2.73. The molecule has 6 heteroatoms. The Bertz CT molecular complexity index is 532. The van der Waals surface area contributed by atoms with Gasteiger partial charge in [0.15, 0.2) is 0 Å². The van der Waals surface area contributed by atoms with Crippen LogP contribution < -0.4 is 5.73 Å². The van der Waals surface area contributed by atoms with E-state index in [1.807, 2.05) is 11.8 Å². The van der Waals surface area contributed by atoms with Crippen LogP contribution in [0.3, 0.4) is 0 Å². The van der Waals surface area contributed by atoms with E-state index < -0.39 is 10.8 Å². The minimum atomic E-state index is -1.19. The Morgan fingerprint density at radius 2 is 2.35 bits per heavy atom. The molecule has 3 rings (SSSR count). The van der Waals surface area contributed by atoms with E-state index in [0.717, 1.165) is 30.8 Å². The molecule has 2 heterocycles. The van der Waals surface area contributed by atoms with Gasteiger partial charge in [-0.2, -0.15) is 11.8 Å². The van der Waals surface area contributed by atoms with Gasteiger partial charge in [-0.05, 0) is 43.2 Å². The molecule has 0 aromatic heterocycles. The van der Waals surface area contributed by atoms with E-state index in [4.69, 9.17) is 10.5 Å². The van der Waals surface area contributed by atoms with Crippen molar-refractivity contribution in [2.45, 2.75) is 35.0 Å². The molecular formula is C14H18FNO2S2. The first-order chi connectivity index (χ1) is 9.60. The molecular weight excluding hydrogens is 297 g/mol. The second kappa shape index (κ2) is 5.66. The highest BCUT2D eigenvalue weighted by Gasteiger charge is 2.42. The molecule has 3 nitrogen and oxygen atoms in total. The standard InChI is InChI=1S/C14H18FNO2S2/c15-10-1-2-13(12(16)7-10)20(17)11-3-5-18-14(8-11)4-6-19-9-14/h1-2,7,11H,3-6,8-9,16H2. The van der Waals surface area contributed by atoms with Crippen molar-refractivity contribution in [1.82, 2.24) is 0 Å². The number of hydrogen-bond donors (Lipinski definition) is 1. The van der Waals surface area contributed by atoms with Crippen molar-refractivity contribution < 1.29 is 13.3 Å². The maximum Gasteiger partial charge on any atom is 0.125 e. The van der Waals surface area contributed by atoms with Gasteiger partial charge in [0.1, 0.15) is 5.82 Å². The number of anilines is 1. The van der Waals surface area contributed by atoms with Crippen molar-refractivity contribution in [1.29, 1.82) is 0 Å². The van der Waals surface area contributed by atoms with E-state index in [1.54, 1.807) is 6.07 Å². The van der Waals surface area contributed by atoms with Gasteiger partial charge in [-0.25, -0.2) is 4.39 Å². The maximum atomic E-state index is 13.1. The molecule has 2 aliphatic rings. The lowest BCUT2D eigenvalue weighted by molar-refractivity contribution is -0.0567. The smallest absolute Gasteiger partial charge is 0.125 e. The van der Waals surface area contributed by atoms with Crippen LogP contribution in [0, 0.1) is 5.82 Å². The quantitative estimate of drug-likeness (QED) is 0.852. The van der Waals surface area contributed by atoms with Gasteiger partial charge in [-0.15, -0.1) is 0 Å². The highest BCUT2D eigenvalue weighted by Crippen LogP contribution is 2.40. The first kappa shape index (κ1) is 14.4. The van der Waals surface area contributed by atoms with Crippen molar-refractivity contribution in [2.75, 3.05) is 23.8 Å². The second-order valence-corrected chi connectivity index (χ2v) is 8.23. The molecule has 2 aliphatic heterocycles. The summed E-state index contributed by atoms with van der Waals surface area (Å²) < 4.78 is 31.8. The van der Waals surface area contributed by atoms with Crippen LogP contribution in [0.2, 0.25) is 0 Å². The summed E-state index contributed by atoms with van der Waals surface area (Å²) in [6.07, 6.45) is 2.61. The molecule has 0 aliphatic carbocycles. The number of nitrogens with two attached hydrogens (primary N) is 1. The lowest BCUT2D eigenvalue weighted by atomic mass is 9.93. The predicted molar refractivity (Wildman–Crippen MR) is 80.9 cm³/mol. The monoisotopic (exact) mass is 315 g/mol. The van der Waals surface area contributed by atoms with Gasteiger partial charge in [0.2, 0.25) is 0 Å². The molecule has 0 saturated carbocycles. The van der Waals surface area contributed by atoms with Gasteiger partial charge in [-0.3, -0.25) is 4.21 Å². The first-order valence-electron chi connectivity index (χ1n) is 6.77. The molecule has 1 aromatic rings. The van der Waals surface area contributed by atoms with E-state index in [1.165, 1.54) is 12.1 Å². The average Bonchev–Trinajstić information content (AvgIpc) is 2.86. The molecule has 2 fully saturated rings. The summed E-state index contributed by atoms with van der Waals surface area (Å²) in [5.74, 6) is 1.70. The molecule has 2 saturated heterocycles. The van der Waals surface area contributed by atoms with Crippen molar-refractivity contribution in [3.8, 4) is 0 Å². The minimum Gasteiger partial charge on any atom is -0.398 e. The van der Waals surface area contributed by atoms with Crippen molar-refractivity contribution in [2.24, 2.45) is 0 Å². The summed E-state index contributed by atoms with van der Waals surface area (Å²) >= 11 is 1.90. The highest BCUT2D eigenvalue weighted by molar-refractivity contribution is 7.99. The van der Waals surface area contributed by atoms with Crippen molar-refractivity contribution in [3.05, 3.63) is 24.0 Å². The fourth-order valence-electron chi connectivity index (χ4n) is 2.91. The van der Waals surface area contributed by atoms with E-state index >= 15 is 0 Å². The zero-order valence-corrected chi connectivity index (χ0v) is 12.8. The topological polar surface area (TPSA) is 52.3 Å². The second-order valence-electron chi connectivity index (χ2n) is 5.43. The number of ether oxygens (including phenoxy) is 1. The van der Waals surface area contributed by atoms with Gasteiger partial charge < -0.3 is 10.5 Å². The van der Waals surface area contributed by atoms with Gasteiger partial charge in [0.05, 0.1) is 27.0 Å². The summed E-state index contributed by atoms with van der Waals surface area (Å²) in [5, 5.41) is 0.0511. The van der Waals surface area contributed by atoms with Gasteiger partial charge in [0.25, 0.3) is 0 Å². The summed E-state index contributed by atoms with van der Waals surface area (Å²) in [5.41, 5.74) is 5.99. The molecule has 1 spiro atoms. The van der Waals surface area contributed by atoms with E-state index in [2.05, 4.69) is 0 Å². The number of hydrogen-bond acceptors (Lipinski definition) is 4. The lowest BCUT2D eigenvalue weighted by Gasteiger charge is -2.37. The Balaban J connectivity index is 1.79. The van der Waals surface area contributed by atoms with Crippen LogP contribution in [0.25, 0.3) is 0 Å². The number of rotatable bonds is 2. The number of thioether (sulfide) groups is 1. The lowest BCUT2D eigenvalue weighted by Crippen LogP contribution is -2.43. The zero-order chi connectivity index (χ0) is 14.2. The molecule has 3 unspecified atom stereocenters. The predicted octanol–water partition coefficient (Wildman–Crippen LogP) is 2.57. The Hall–Kier alpha value is -0.590. The highest BCUT2D eigenvalue weighted by atomic mass is 32.2. The Labute approximate surface area is 124 Å². The first-order valence-corrected chi connectivity index (χ1v) is 9.14.